The number of hydrogen-bond donors (Lipinski definition) is 1. The molecule has 2 rings (SSSR count). The first-order valence-corrected chi connectivity index (χ1v) is 8.08. The van der Waals surface area contributed by atoms with Crippen molar-refractivity contribution < 1.29 is 18.0 Å². The van der Waals surface area contributed by atoms with Crippen molar-refractivity contribution in [2.45, 2.75) is 32.6 Å². The third-order valence-corrected chi connectivity index (χ3v) is 4.09. The van der Waals surface area contributed by atoms with Gasteiger partial charge in [0.25, 0.3) is 5.91 Å². The third-order valence-electron chi connectivity index (χ3n) is 4.09. The van der Waals surface area contributed by atoms with Gasteiger partial charge in [-0.25, -0.2) is 0 Å². The quantitative estimate of drug-likeness (QED) is 0.913. The second-order valence-corrected chi connectivity index (χ2v) is 6.58. The maximum atomic E-state index is 13.4. The van der Waals surface area contributed by atoms with Crippen LogP contribution in [0.5, 0.6) is 0 Å². The maximum absolute atomic E-state index is 13.4. The van der Waals surface area contributed by atoms with Crippen molar-refractivity contribution in [3.63, 3.8) is 0 Å². The first-order valence-electron chi connectivity index (χ1n) is 8.08. The highest BCUT2D eigenvalue weighted by atomic mass is 19.4. The maximum Gasteiger partial charge on any atom is 0.416 e. The number of halogens is 3. The molecule has 0 aromatic heterocycles. The minimum atomic E-state index is -4.48. The van der Waals surface area contributed by atoms with E-state index in [2.05, 4.69) is 10.2 Å². The van der Waals surface area contributed by atoms with Gasteiger partial charge in [0.15, 0.2) is 0 Å². The lowest BCUT2D eigenvalue weighted by atomic mass is 10.0. The van der Waals surface area contributed by atoms with Crippen LogP contribution in [0.1, 0.15) is 35.3 Å². The van der Waals surface area contributed by atoms with Crippen LogP contribution in [0.4, 0.5) is 13.2 Å². The van der Waals surface area contributed by atoms with E-state index in [1.165, 1.54) is 12.1 Å². The lowest BCUT2D eigenvalue weighted by Gasteiger charge is -2.33. The van der Waals surface area contributed by atoms with Gasteiger partial charge < -0.3 is 10.2 Å². The van der Waals surface area contributed by atoms with Crippen LogP contribution in [0.15, 0.2) is 18.2 Å². The lowest BCUT2D eigenvalue weighted by Crippen LogP contribution is -2.44. The van der Waals surface area contributed by atoms with E-state index in [9.17, 15) is 18.0 Å². The average molecular weight is 343 g/mol. The minimum Gasteiger partial charge on any atom is -0.350 e. The van der Waals surface area contributed by atoms with E-state index < -0.39 is 17.6 Å². The van der Waals surface area contributed by atoms with Crippen LogP contribution in [0, 0.1) is 0 Å². The number of alkyl halides is 3. The van der Waals surface area contributed by atoms with Gasteiger partial charge in [-0.05, 0) is 38.6 Å². The SMILES string of the molecule is CC(C)NC(=O)c1ccc(CN2CCN(C)CC2)c(C(F)(F)F)c1. The van der Waals surface area contributed by atoms with Gasteiger partial charge in [0, 0.05) is 44.3 Å². The molecule has 0 aliphatic carbocycles. The van der Waals surface area contributed by atoms with Crippen molar-refractivity contribution in [2.75, 3.05) is 33.2 Å². The van der Waals surface area contributed by atoms with Crippen LogP contribution >= 0.6 is 0 Å². The molecule has 4 nitrogen and oxygen atoms in total. The Morgan fingerprint density at radius 2 is 1.83 bits per heavy atom. The summed E-state index contributed by atoms with van der Waals surface area (Å²) in [6.45, 7) is 6.95. The van der Waals surface area contributed by atoms with E-state index in [-0.39, 0.29) is 23.7 Å². The molecule has 1 aromatic carbocycles. The molecule has 1 aromatic rings. The molecular weight excluding hydrogens is 319 g/mol. The first-order chi connectivity index (χ1) is 11.2. The molecule has 0 radical (unpaired) electrons. The summed E-state index contributed by atoms with van der Waals surface area (Å²) in [5, 5.41) is 2.62. The van der Waals surface area contributed by atoms with Crippen molar-refractivity contribution in [1.82, 2.24) is 15.1 Å². The lowest BCUT2D eigenvalue weighted by molar-refractivity contribution is -0.138. The van der Waals surface area contributed by atoms with Crippen LogP contribution in [0.2, 0.25) is 0 Å². The van der Waals surface area contributed by atoms with E-state index in [1.807, 2.05) is 11.9 Å². The topological polar surface area (TPSA) is 35.6 Å². The molecule has 1 aliphatic heterocycles. The zero-order valence-corrected chi connectivity index (χ0v) is 14.3. The first kappa shape index (κ1) is 18.7. The molecule has 1 heterocycles. The minimum absolute atomic E-state index is 0.0400. The van der Waals surface area contributed by atoms with Gasteiger partial charge in [0.1, 0.15) is 0 Å². The van der Waals surface area contributed by atoms with Crippen molar-refractivity contribution in [3.8, 4) is 0 Å². The summed E-state index contributed by atoms with van der Waals surface area (Å²) in [5.41, 5.74) is -0.468. The highest BCUT2D eigenvalue weighted by Gasteiger charge is 2.34. The number of benzene rings is 1. The zero-order valence-electron chi connectivity index (χ0n) is 14.3. The molecule has 0 spiro atoms. The summed E-state index contributed by atoms with van der Waals surface area (Å²) in [6, 6.07) is 3.73. The summed E-state index contributed by atoms with van der Waals surface area (Å²) in [5.74, 6) is -0.485. The number of nitrogens with zero attached hydrogens (tertiary/aromatic N) is 2. The Morgan fingerprint density at radius 3 is 2.38 bits per heavy atom. The smallest absolute Gasteiger partial charge is 0.350 e. The second kappa shape index (κ2) is 7.53. The highest BCUT2D eigenvalue weighted by Crippen LogP contribution is 2.33. The Kier molecular flexibility index (Phi) is 5.87. The van der Waals surface area contributed by atoms with Crippen LogP contribution in [-0.2, 0) is 12.7 Å². The van der Waals surface area contributed by atoms with E-state index >= 15 is 0 Å². The standard InChI is InChI=1S/C17H24F3N3O/c1-12(2)21-16(24)13-4-5-14(15(10-13)17(18,19)20)11-23-8-6-22(3)7-9-23/h4-5,10,12H,6-9,11H2,1-3H3,(H,21,24). The predicted molar refractivity (Wildman–Crippen MR) is 86.8 cm³/mol. The fourth-order valence-corrected chi connectivity index (χ4v) is 2.71. The zero-order chi connectivity index (χ0) is 17.9. The van der Waals surface area contributed by atoms with Crippen molar-refractivity contribution in [3.05, 3.63) is 34.9 Å². The Labute approximate surface area is 140 Å². The van der Waals surface area contributed by atoms with Crippen molar-refractivity contribution in [2.24, 2.45) is 0 Å². The van der Waals surface area contributed by atoms with E-state index in [0.29, 0.717) is 0 Å². The fourth-order valence-electron chi connectivity index (χ4n) is 2.71. The van der Waals surface area contributed by atoms with Gasteiger partial charge in [-0.3, -0.25) is 9.69 Å². The summed E-state index contributed by atoms with van der Waals surface area (Å²) >= 11 is 0. The monoisotopic (exact) mass is 343 g/mol. The third kappa shape index (κ3) is 4.95. The van der Waals surface area contributed by atoms with E-state index in [0.717, 1.165) is 32.2 Å². The molecule has 0 bridgehead atoms. The van der Waals surface area contributed by atoms with Gasteiger partial charge in [-0.2, -0.15) is 13.2 Å². The number of rotatable bonds is 4. The summed E-state index contributed by atoms with van der Waals surface area (Å²) in [4.78, 5) is 16.1. The number of likely N-dealkylation sites (N-methyl/N-ethyl adjacent to an activating group) is 1. The van der Waals surface area contributed by atoms with Crippen LogP contribution in [0.25, 0.3) is 0 Å². The van der Waals surface area contributed by atoms with Gasteiger partial charge in [-0.15, -0.1) is 0 Å². The Hall–Kier alpha value is -1.60. The summed E-state index contributed by atoms with van der Waals surface area (Å²) < 4.78 is 40.2. The Bertz CT molecular complexity index is 579. The normalized spacial score (nSPS) is 17.3. The van der Waals surface area contributed by atoms with Crippen LogP contribution in [0.3, 0.4) is 0 Å². The highest BCUT2D eigenvalue weighted by molar-refractivity contribution is 5.94. The molecule has 1 N–H and O–H groups in total. The molecule has 0 atom stereocenters. The number of carbonyl (C=O) groups is 1. The number of carbonyl (C=O) groups excluding carboxylic acids is 1. The molecule has 1 amide bonds. The van der Waals surface area contributed by atoms with Crippen LogP contribution < -0.4 is 5.32 Å². The number of amides is 1. The molecule has 1 aliphatic rings. The Morgan fingerprint density at radius 1 is 1.21 bits per heavy atom. The molecule has 7 heteroatoms. The van der Waals surface area contributed by atoms with Crippen molar-refractivity contribution >= 4 is 5.91 Å². The molecule has 24 heavy (non-hydrogen) atoms. The summed E-state index contributed by atoms with van der Waals surface area (Å²) in [6.07, 6.45) is -4.48. The molecule has 0 unspecified atom stereocenters. The second-order valence-electron chi connectivity index (χ2n) is 6.58. The van der Waals surface area contributed by atoms with E-state index in [1.54, 1.807) is 13.8 Å². The Balaban J connectivity index is 2.22. The molecule has 1 saturated heterocycles. The number of hydrogen-bond acceptors (Lipinski definition) is 3. The fraction of sp³-hybridized carbons (Fsp3) is 0.588. The van der Waals surface area contributed by atoms with Gasteiger partial charge >= 0.3 is 6.18 Å². The number of nitrogens with one attached hydrogen (secondary N) is 1. The van der Waals surface area contributed by atoms with E-state index in [4.69, 9.17) is 0 Å². The van der Waals surface area contributed by atoms with Crippen LogP contribution in [-0.4, -0.2) is 55.0 Å². The molecule has 1 fully saturated rings. The molecule has 134 valence electrons. The predicted octanol–water partition coefficient (Wildman–Crippen LogP) is 2.59. The molecular formula is C17H24F3N3O. The molecule has 0 saturated carbocycles. The van der Waals surface area contributed by atoms with Gasteiger partial charge in [-0.1, -0.05) is 6.07 Å². The number of piperazine rings is 1. The average Bonchev–Trinajstić information content (AvgIpc) is 2.48. The van der Waals surface area contributed by atoms with Gasteiger partial charge in [0.05, 0.1) is 5.56 Å². The largest absolute Gasteiger partial charge is 0.416 e. The summed E-state index contributed by atoms with van der Waals surface area (Å²) in [7, 11) is 2.00. The van der Waals surface area contributed by atoms with Crippen molar-refractivity contribution in [1.29, 1.82) is 0 Å². The van der Waals surface area contributed by atoms with Gasteiger partial charge in [0.2, 0.25) is 0 Å².